The van der Waals surface area contributed by atoms with Crippen molar-refractivity contribution >= 4 is 19.7 Å². The Labute approximate surface area is 104 Å². The summed E-state index contributed by atoms with van der Waals surface area (Å²) in [7, 11) is 1.79. The van der Waals surface area contributed by atoms with E-state index in [-0.39, 0.29) is 5.75 Å². The van der Waals surface area contributed by atoms with Crippen molar-refractivity contribution in [2.75, 3.05) is 19.0 Å². The molecule has 0 aromatic carbocycles. The zero-order valence-electron chi connectivity index (χ0n) is 10.2. The fourth-order valence-corrected chi connectivity index (χ4v) is 2.31. The second-order valence-corrected chi connectivity index (χ2v) is 6.96. The fourth-order valence-electron chi connectivity index (χ4n) is 1.43. The first-order chi connectivity index (χ1) is 7.49. The van der Waals surface area contributed by atoms with Gasteiger partial charge >= 0.3 is 0 Å². The third kappa shape index (κ3) is 10.7. The van der Waals surface area contributed by atoms with Crippen LogP contribution in [0.15, 0.2) is 0 Å². The molecule has 3 nitrogen and oxygen atoms in total. The highest BCUT2D eigenvalue weighted by Crippen LogP contribution is 2.08. The summed E-state index contributed by atoms with van der Waals surface area (Å²) >= 11 is 0. The first-order valence-corrected chi connectivity index (χ1v) is 8.47. The lowest BCUT2D eigenvalue weighted by atomic mass is 10.1. The third-order valence-corrected chi connectivity index (χ3v) is 3.92. The minimum Gasteiger partial charge on any atom is -0.381 e. The molecule has 0 bridgehead atoms. The molecule has 0 saturated heterocycles. The molecule has 0 radical (unpaired) electrons. The molecule has 0 fully saturated rings. The molecule has 0 saturated carbocycles. The Kier molecular flexibility index (Phi) is 9.37. The van der Waals surface area contributed by atoms with Crippen LogP contribution < -0.4 is 0 Å². The van der Waals surface area contributed by atoms with Crippen molar-refractivity contribution in [3.63, 3.8) is 0 Å². The molecule has 0 atom stereocenters. The second-order valence-electron chi connectivity index (χ2n) is 4.06. The molecular weight excluding hydrogens is 248 g/mol. The van der Waals surface area contributed by atoms with Crippen LogP contribution in [0.5, 0.6) is 0 Å². The van der Waals surface area contributed by atoms with Crippen molar-refractivity contribution in [2.45, 2.75) is 46.0 Å². The van der Waals surface area contributed by atoms with Crippen LogP contribution in [0.1, 0.15) is 46.0 Å². The molecule has 0 aromatic rings. The molecule has 98 valence electrons. The van der Waals surface area contributed by atoms with E-state index >= 15 is 0 Å². The molecule has 0 spiro atoms. The molecule has 0 heterocycles. The Balaban J connectivity index is 3.28. The van der Waals surface area contributed by atoms with Crippen molar-refractivity contribution < 1.29 is 13.2 Å². The van der Waals surface area contributed by atoms with Crippen molar-refractivity contribution in [1.29, 1.82) is 0 Å². The zero-order chi connectivity index (χ0) is 12.4. The number of halogens is 1. The van der Waals surface area contributed by atoms with Gasteiger partial charge in [-0.15, -0.1) is 0 Å². The van der Waals surface area contributed by atoms with Gasteiger partial charge in [-0.25, -0.2) is 8.42 Å². The van der Waals surface area contributed by atoms with Crippen molar-refractivity contribution in [3.05, 3.63) is 0 Å². The summed E-state index contributed by atoms with van der Waals surface area (Å²) < 4.78 is 26.8. The van der Waals surface area contributed by atoms with Crippen LogP contribution >= 0.6 is 10.7 Å². The minimum absolute atomic E-state index is 0.0705. The van der Waals surface area contributed by atoms with E-state index in [0.717, 1.165) is 38.9 Å². The lowest BCUT2D eigenvalue weighted by Crippen LogP contribution is -2.08. The maximum Gasteiger partial charge on any atom is 0.232 e. The van der Waals surface area contributed by atoms with Crippen LogP contribution in [-0.4, -0.2) is 27.4 Å². The van der Waals surface area contributed by atoms with Gasteiger partial charge in [0.05, 0.1) is 5.75 Å². The molecule has 0 N–H and O–H groups in total. The normalized spacial score (nSPS) is 12.2. The van der Waals surface area contributed by atoms with Gasteiger partial charge in [-0.3, -0.25) is 0 Å². The van der Waals surface area contributed by atoms with Crippen molar-refractivity contribution in [2.24, 2.45) is 5.92 Å². The second kappa shape index (κ2) is 9.25. The molecule has 5 heteroatoms. The van der Waals surface area contributed by atoms with Crippen LogP contribution in [0, 0.1) is 5.92 Å². The van der Waals surface area contributed by atoms with Crippen LogP contribution in [-0.2, 0) is 13.8 Å². The quantitative estimate of drug-likeness (QED) is 0.452. The van der Waals surface area contributed by atoms with E-state index in [1.165, 1.54) is 0 Å². The summed E-state index contributed by atoms with van der Waals surface area (Å²) in [5.41, 5.74) is 0. The molecule has 16 heavy (non-hydrogen) atoms. The van der Waals surface area contributed by atoms with Gasteiger partial charge in [-0.05, 0) is 18.8 Å². The third-order valence-electron chi connectivity index (χ3n) is 2.69. The molecule has 0 rings (SSSR count). The van der Waals surface area contributed by atoms with E-state index in [1.54, 1.807) is 0 Å². The molecule has 0 aliphatic heterocycles. The zero-order valence-corrected chi connectivity index (χ0v) is 11.8. The molecular formula is C11H23ClO3S. The number of hydrogen-bond acceptors (Lipinski definition) is 3. The highest BCUT2D eigenvalue weighted by molar-refractivity contribution is 8.13. The minimum atomic E-state index is -3.31. The van der Waals surface area contributed by atoms with Gasteiger partial charge in [0.2, 0.25) is 9.05 Å². The first kappa shape index (κ1) is 16.2. The fraction of sp³-hybridized carbons (Fsp3) is 1.00. The summed E-state index contributed by atoms with van der Waals surface area (Å²) in [5.74, 6) is 0.726. The summed E-state index contributed by atoms with van der Waals surface area (Å²) in [6, 6.07) is 0. The highest BCUT2D eigenvalue weighted by atomic mass is 35.7. The molecule has 0 unspecified atom stereocenters. The largest absolute Gasteiger partial charge is 0.381 e. The van der Waals surface area contributed by atoms with E-state index in [9.17, 15) is 8.42 Å². The van der Waals surface area contributed by atoms with Gasteiger partial charge in [0.25, 0.3) is 0 Å². The lowest BCUT2D eigenvalue weighted by molar-refractivity contribution is 0.0935. The van der Waals surface area contributed by atoms with E-state index in [4.69, 9.17) is 15.4 Å². The number of unbranched alkanes of at least 4 members (excludes halogenated alkanes) is 2. The van der Waals surface area contributed by atoms with E-state index in [1.807, 2.05) is 0 Å². The Morgan fingerprint density at radius 1 is 1.12 bits per heavy atom. The predicted octanol–water partition coefficient (Wildman–Crippen LogP) is 3.18. The smallest absolute Gasteiger partial charge is 0.232 e. The lowest BCUT2D eigenvalue weighted by Gasteiger charge is -2.12. The molecule has 0 amide bonds. The monoisotopic (exact) mass is 270 g/mol. The highest BCUT2D eigenvalue weighted by Gasteiger charge is 2.05. The summed E-state index contributed by atoms with van der Waals surface area (Å²) in [4.78, 5) is 0. The van der Waals surface area contributed by atoms with E-state index in [0.29, 0.717) is 12.3 Å². The van der Waals surface area contributed by atoms with Crippen molar-refractivity contribution in [1.82, 2.24) is 0 Å². The van der Waals surface area contributed by atoms with E-state index in [2.05, 4.69) is 13.8 Å². The molecule has 0 aliphatic carbocycles. The number of ether oxygens (including phenoxy) is 1. The Morgan fingerprint density at radius 3 is 2.25 bits per heavy atom. The average molecular weight is 271 g/mol. The Morgan fingerprint density at radius 2 is 1.75 bits per heavy atom. The van der Waals surface area contributed by atoms with Crippen LogP contribution in [0.3, 0.4) is 0 Å². The maximum absolute atomic E-state index is 10.6. The molecule has 0 aromatic heterocycles. The maximum atomic E-state index is 10.6. The van der Waals surface area contributed by atoms with Crippen molar-refractivity contribution in [3.8, 4) is 0 Å². The average Bonchev–Trinajstić information content (AvgIpc) is 2.21. The summed E-state index contributed by atoms with van der Waals surface area (Å²) in [6.45, 7) is 5.88. The Hall–Kier alpha value is 0.200. The SMILES string of the molecule is CCC(CC)COCCCCCS(=O)(=O)Cl. The Bertz CT molecular complexity index is 248. The van der Waals surface area contributed by atoms with Crippen LogP contribution in [0.25, 0.3) is 0 Å². The van der Waals surface area contributed by atoms with Crippen LogP contribution in [0.2, 0.25) is 0 Å². The van der Waals surface area contributed by atoms with Gasteiger partial charge in [0.15, 0.2) is 0 Å². The van der Waals surface area contributed by atoms with Gasteiger partial charge in [0, 0.05) is 23.9 Å². The van der Waals surface area contributed by atoms with Gasteiger partial charge in [0.1, 0.15) is 0 Å². The number of rotatable bonds is 10. The predicted molar refractivity (Wildman–Crippen MR) is 68.4 cm³/mol. The van der Waals surface area contributed by atoms with Gasteiger partial charge in [-0.2, -0.15) is 0 Å². The standard InChI is InChI=1S/C11H23ClO3S/c1-3-11(4-2)10-15-8-6-5-7-9-16(12,13)14/h11H,3-10H2,1-2H3. The topological polar surface area (TPSA) is 43.4 Å². The number of hydrogen-bond donors (Lipinski definition) is 0. The summed E-state index contributed by atoms with van der Waals surface area (Å²) in [6.07, 6.45) is 4.70. The molecule has 0 aliphatic rings. The first-order valence-electron chi connectivity index (χ1n) is 5.99. The summed E-state index contributed by atoms with van der Waals surface area (Å²) in [5, 5.41) is 0. The van der Waals surface area contributed by atoms with Gasteiger partial charge < -0.3 is 4.74 Å². The van der Waals surface area contributed by atoms with E-state index < -0.39 is 9.05 Å². The van der Waals surface area contributed by atoms with Crippen LogP contribution in [0.4, 0.5) is 0 Å². The van der Waals surface area contributed by atoms with Gasteiger partial charge in [-0.1, -0.05) is 33.1 Å².